The van der Waals surface area contributed by atoms with Crippen molar-refractivity contribution in [3.63, 3.8) is 0 Å². The molecule has 0 spiro atoms. The summed E-state index contributed by atoms with van der Waals surface area (Å²) in [5.74, 6) is -2.14. The van der Waals surface area contributed by atoms with Crippen LogP contribution in [0.3, 0.4) is 0 Å². The summed E-state index contributed by atoms with van der Waals surface area (Å²) < 4.78 is 17.0. The number of carboxylic acid groups (broad SMARTS) is 1. The number of nitrogens with zero attached hydrogens (tertiary/aromatic N) is 1. The summed E-state index contributed by atoms with van der Waals surface area (Å²) in [4.78, 5) is 61.3. The highest BCUT2D eigenvalue weighted by molar-refractivity contribution is 5.81. The number of aliphatic carboxylic acids is 1. The van der Waals surface area contributed by atoms with E-state index in [9.17, 15) is 29.1 Å². The van der Waals surface area contributed by atoms with Crippen LogP contribution in [0.4, 0.5) is 4.79 Å². The lowest BCUT2D eigenvalue weighted by Gasteiger charge is -2.27. The standard InChI is InChI=1S/C18H25N3O9/c1-8-7-21(16(26)20-14(8)23)11-6-10(28-9(2)22)13(29-11)12(15(24)25)19-17(27)30-18(3,4)5/h7,10-13H,6H2,1-5H3,(H,19,27)(H,24,25)(H,20,23,26)/t10-,11+,12+,13-/m0/s1. The lowest BCUT2D eigenvalue weighted by atomic mass is 10.0. The number of carbonyl (C=O) groups excluding carboxylic acids is 2. The van der Waals surface area contributed by atoms with Crippen LogP contribution in [0.1, 0.15) is 45.9 Å². The van der Waals surface area contributed by atoms with Gasteiger partial charge in [-0.2, -0.15) is 0 Å². The number of rotatable bonds is 5. The predicted molar refractivity (Wildman–Crippen MR) is 101 cm³/mol. The molecule has 12 heteroatoms. The average Bonchev–Trinajstić information content (AvgIpc) is 2.96. The van der Waals surface area contributed by atoms with E-state index in [-0.39, 0.29) is 12.0 Å². The first-order valence-corrected chi connectivity index (χ1v) is 9.15. The smallest absolute Gasteiger partial charge is 0.408 e. The average molecular weight is 427 g/mol. The number of hydrogen-bond donors (Lipinski definition) is 3. The second-order valence-electron chi connectivity index (χ2n) is 7.88. The lowest BCUT2D eigenvalue weighted by molar-refractivity contribution is -0.156. The van der Waals surface area contributed by atoms with Crippen molar-refractivity contribution in [3.8, 4) is 0 Å². The third-order valence-corrected chi connectivity index (χ3v) is 4.15. The van der Waals surface area contributed by atoms with Crippen molar-refractivity contribution < 1.29 is 33.7 Å². The lowest BCUT2D eigenvalue weighted by Crippen LogP contribution is -2.53. The van der Waals surface area contributed by atoms with E-state index in [0.717, 1.165) is 11.5 Å². The van der Waals surface area contributed by atoms with Crippen LogP contribution in [0.25, 0.3) is 0 Å². The summed E-state index contributed by atoms with van der Waals surface area (Å²) in [5.41, 5.74) is -1.99. The van der Waals surface area contributed by atoms with Gasteiger partial charge in [0.25, 0.3) is 5.56 Å². The van der Waals surface area contributed by atoms with Gasteiger partial charge in [-0.15, -0.1) is 0 Å². The molecule has 0 saturated carbocycles. The summed E-state index contributed by atoms with van der Waals surface area (Å²) >= 11 is 0. The molecule has 1 fully saturated rings. The van der Waals surface area contributed by atoms with Gasteiger partial charge in [-0.25, -0.2) is 14.4 Å². The van der Waals surface area contributed by atoms with E-state index >= 15 is 0 Å². The maximum atomic E-state index is 12.2. The molecule has 0 radical (unpaired) electrons. The molecule has 1 amide bonds. The number of amides is 1. The van der Waals surface area contributed by atoms with Gasteiger partial charge in [-0.05, 0) is 27.7 Å². The Kier molecular flexibility index (Phi) is 6.70. The van der Waals surface area contributed by atoms with Gasteiger partial charge in [-0.3, -0.25) is 19.1 Å². The summed E-state index contributed by atoms with van der Waals surface area (Å²) in [6.07, 6.45) is -3.25. The summed E-state index contributed by atoms with van der Waals surface area (Å²) in [5, 5.41) is 11.8. The molecule has 4 atom stereocenters. The van der Waals surface area contributed by atoms with Gasteiger partial charge in [0.2, 0.25) is 0 Å². The number of esters is 1. The Labute approximate surface area is 171 Å². The number of hydrogen-bond acceptors (Lipinski definition) is 8. The molecule has 0 unspecified atom stereocenters. The molecule has 0 aromatic carbocycles. The van der Waals surface area contributed by atoms with Crippen molar-refractivity contribution in [2.75, 3.05) is 0 Å². The second kappa shape index (κ2) is 8.69. The SMILES string of the molecule is CC(=O)O[C@H]1C[C@H](n2cc(C)c(=O)[nH]c2=O)O[C@@H]1[C@@H](NC(=O)OC(C)(C)C)C(=O)O. The molecule has 166 valence electrons. The molecular formula is C18H25N3O9. The van der Waals surface area contributed by atoms with Crippen molar-refractivity contribution >= 4 is 18.0 Å². The number of H-pyrrole nitrogens is 1. The van der Waals surface area contributed by atoms with E-state index in [0.29, 0.717) is 0 Å². The number of nitrogens with one attached hydrogen (secondary N) is 2. The third kappa shape index (κ3) is 5.69. The van der Waals surface area contributed by atoms with Gasteiger partial charge < -0.3 is 24.6 Å². The largest absolute Gasteiger partial charge is 0.480 e. The number of carboxylic acids is 1. The highest BCUT2D eigenvalue weighted by Crippen LogP contribution is 2.32. The number of carbonyl (C=O) groups is 3. The number of aromatic amines is 1. The van der Waals surface area contributed by atoms with Gasteiger partial charge >= 0.3 is 23.7 Å². The minimum absolute atomic E-state index is 0.0740. The highest BCUT2D eigenvalue weighted by Gasteiger charge is 2.47. The topological polar surface area (TPSA) is 166 Å². The fourth-order valence-electron chi connectivity index (χ4n) is 2.98. The first kappa shape index (κ1) is 23.1. The number of ether oxygens (including phenoxy) is 3. The Hall–Kier alpha value is -3.15. The summed E-state index contributed by atoms with van der Waals surface area (Å²) in [6.45, 7) is 7.44. The first-order valence-electron chi connectivity index (χ1n) is 9.15. The Bertz CT molecular complexity index is 943. The maximum absolute atomic E-state index is 12.2. The Morgan fingerprint density at radius 2 is 1.97 bits per heavy atom. The van der Waals surface area contributed by atoms with Crippen LogP contribution in [0.5, 0.6) is 0 Å². The molecule has 1 aliphatic rings. The quantitative estimate of drug-likeness (QED) is 0.550. The zero-order valence-corrected chi connectivity index (χ0v) is 17.3. The molecule has 0 bridgehead atoms. The van der Waals surface area contributed by atoms with Crippen molar-refractivity contribution in [2.45, 2.75) is 71.1 Å². The fourth-order valence-corrected chi connectivity index (χ4v) is 2.98. The van der Waals surface area contributed by atoms with Crippen molar-refractivity contribution in [1.82, 2.24) is 14.9 Å². The minimum Gasteiger partial charge on any atom is -0.480 e. The third-order valence-electron chi connectivity index (χ3n) is 4.15. The molecule has 1 aromatic heterocycles. The summed E-state index contributed by atoms with van der Waals surface area (Å²) in [7, 11) is 0. The molecule has 12 nitrogen and oxygen atoms in total. The van der Waals surface area contributed by atoms with Gasteiger partial charge in [0, 0.05) is 25.1 Å². The molecule has 2 heterocycles. The molecule has 3 N–H and O–H groups in total. The van der Waals surface area contributed by atoms with Crippen LogP contribution < -0.4 is 16.6 Å². The van der Waals surface area contributed by atoms with Crippen molar-refractivity contribution in [2.24, 2.45) is 0 Å². The van der Waals surface area contributed by atoms with E-state index < -0.39 is 59.4 Å². The van der Waals surface area contributed by atoms with E-state index in [4.69, 9.17) is 14.2 Å². The van der Waals surface area contributed by atoms with Crippen LogP contribution in [-0.4, -0.2) is 56.5 Å². The molecule has 2 rings (SSSR count). The zero-order chi connectivity index (χ0) is 22.8. The fraction of sp³-hybridized carbons (Fsp3) is 0.611. The van der Waals surface area contributed by atoms with Crippen LogP contribution in [-0.2, 0) is 23.8 Å². The van der Waals surface area contributed by atoms with Gasteiger partial charge in [0.05, 0.1) is 0 Å². The monoisotopic (exact) mass is 427 g/mol. The van der Waals surface area contributed by atoms with Crippen LogP contribution in [0, 0.1) is 6.92 Å². The first-order chi connectivity index (χ1) is 13.8. The summed E-state index contributed by atoms with van der Waals surface area (Å²) in [6, 6.07) is -1.63. The maximum Gasteiger partial charge on any atom is 0.408 e. The Morgan fingerprint density at radius 1 is 1.33 bits per heavy atom. The second-order valence-corrected chi connectivity index (χ2v) is 7.88. The minimum atomic E-state index is -1.63. The van der Waals surface area contributed by atoms with E-state index in [1.165, 1.54) is 13.1 Å². The molecule has 1 aliphatic heterocycles. The molecule has 0 aliphatic carbocycles. The van der Waals surface area contributed by atoms with Crippen LogP contribution >= 0.6 is 0 Å². The van der Waals surface area contributed by atoms with E-state index in [1.807, 2.05) is 0 Å². The van der Waals surface area contributed by atoms with Crippen LogP contribution in [0.15, 0.2) is 15.8 Å². The van der Waals surface area contributed by atoms with Gasteiger partial charge in [-0.1, -0.05) is 0 Å². The van der Waals surface area contributed by atoms with Crippen molar-refractivity contribution in [3.05, 3.63) is 32.6 Å². The van der Waals surface area contributed by atoms with Gasteiger partial charge in [0.1, 0.15) is 24.0 Å². The zero-order valence-electron chi connectivity index (χ0n) is 17.3. The van der Waals surface area contributed by atoms with E-state index in [1.54, 1.807) is 20.8 Å². The van der Waals surface area contributed by atoms with Crippen LogP contribution in [0.2, 0.25) is 0 Å². The predicted octanol–water partition coefficient (Wildman–Crippen LogP) is 0.0421. The number of alkyl carbamates (subject to hydrolysis) is 1. The van der Waals surface area contributed by atoms with E-state index in [2.05, 4.69) is 10.3 Å². The van der Waals surface area contributed by atoms with Gasteiger partial charge in [0.15, 0.2) is 6.04 Å². The molecular weight excluding hydrogens is 402 g/mol. The Balaban J connectivity index is 2.34. The normalized spacial score (nSPS) is 22.2. The molecule has 30 heavy (non-hydrogen) atoms. The number of aryl methyl sites for hydroxylation is 1. The Morgan fingerprint density at radius 3 is 2.50 bits per heavy atom. The molecule has 1 saturated heterocycles. The highest BCUT2D eigenvalue weighted by atomic mass is 16.6. The van der Waals surface area contributed by atoms with Crippen molar-refractivity contribution in [1.29, 1.82) is 0 Å². The number of aromatic nitrogens is 2. The molecule has 1 aromatic rings.